The Morgan fingerprint density at radius 2 is 1.41 bits per heavy atom. The minimum atomic E-state index is -1.88. The number of nitrogens with zero attached hydrogens (tertiary/aromatic N) is 1. The lowest BCUT2D eigenvalue weighted by molar-refractivity contribution is 0.0941. The number of rotatable bonds is 9. The van der Waals surface area contributed by atoms with Crippen LogP contribution >= 0.6 is 0 Å². The first-order chi connectivity index (χ1) is 17.9. The summed E-state index contributed by atoms with van der Waals surface area (Å²) in [5, 5.41) is 11.9. The topological polar surface area (TPSA) is 49.8 Å². The molecule has 188 valence electrons. The molecule has 0 spiro atoms. The summed E-state index contributed by atoms with van der Waals surface area (Å²) in [5.41, 5.74) is 0.919. The number of furan rings is 2. The SMILES string of the molecule is Cc1cccc(CN(Cc2ccco2)Cc2ccc(C(O)(c3cccc(F)c3)c3cccc(F)c3)o2)c1. The number of hydrogen-bond donors (Lipinski definition) is 1. The van der Waals surface area contributed by atoms with Gasteiger partial charge in [0.05, 0.1) is 19.4 Å². The van der Waals surface area contributed by atoms with Crippen LogP contribution < -0.4 is 0 Å². The summed E-state index contributed by atoms with van der Waals surface area (Å²) in [7, 11) is 0. The molecule has 1 N–H and O–H groups in total. The van der Waals surface area contributed by atoms with Crippen LogP contribution in [0.5, 0.6) is 0 Å². The molecule has 0 amide bonds. The molecule has 0 aliphatic heterocycles. The molecule has 0 saturated heterocycles. The van der Waals surface area contributed by atoms with E-state index in [0.29, 0.717) is 25.4 Å². The van der Waals surface area contributed by atoms with Crippen LogP contribution in [0.1, 0.15) is 39.5 Å². The predicted octanol–water partition coefficient (Wildman–Crippen LogP) is 6.95. The number of halogens is 2. The van der Waals surface area contributed by atoms with E-state index >= 15 is 0 Å². The van der Waals surface area contributed by atoms with Crippen molar-refractivity contribution in [1.82, 2.24) is 4.90 Å². The molecular weight excluding hydrogens is 472 g/mol. The van der Waals surface area contributed by atoms with Crippen molar-refractivity contribution in [3.8, 4) is 0 Å². The lowest BCUT2D eigenvalue weighted by Crippen LogP contribution is -2.28. The summed E-state index contributed by atoms with van der Waals surface area (Å²) in [5.74, 6) is 0.562. The van der Waals surface area contributed by atoms with Gasteiger partial charge in [0.25, 0.3) is 0 Å². The van der Waals surface area contributed by atoms with Gasteiger partial charge >= 0.3 is 0 Å². The van der Waals surface area contributed by atoms with Gasteiger partial charge in [0.15, 0.2) is 5.60 Å². The molecule has 2 aromatic heterocycles. The second kappa shape index (κ2) is 10.5. The third kappa shape index (κ3) is 5.56. The van der Waals surface area contributed by atoms with Crippen molar-refractivity contribution in [2.24, 2.45) is 0 Å². The van der Waals surface area contributed by atoms with E-state index in [1.54, 1.807) is 30.5 Å². The number of benzene rings is 3. The average Bonchev–Trinajstić information content (AvgIpc) is 3.56. The fourth-order valence-electron chi connectivity index (χ4n) is 4.62. The Hall–Kier alpha value is -4.00. The second-order valence-electron chi connectivity index (χ2n) is 9.21. The molecule has 0 atom stereocenters. The molecule has 0 aliphatic rings. The van der Waals surface area contributed by atoms with Gasteiger partial charge in [-0.1, -0.05) is 54.1 Å². The average molecular weight is 500 g/mol. The molecule has 0 saturated carbocycles. The highest BCUT2D eigenvalue weighted by molar-refractivity contribution is 5.44. The molecule has 0 radical (unpaired) electrons. The number of aryl methyl sites for hydroxylation is 1. The number of hydrogen-bond acceptors (Lipinski definition) is 4. The van der Waals surface area contributed by atoms with Crippen molar-refractivity contribution < 1.29 is 22.7 Å². The Morgan fingerprint density at radius 3 is 2.03 bits per heavy atom. The van der Waals surface area contributed by atoms with Crippen molar-refractivity contribution >= 4 is 0 Å². The zero-order chi connectivity index (χ0) is 25.8. The minimum Gasteiger partial charge on any atom is -0.468 e. The first-order valence-electron chi connectivity index (χ1n) is 12.0. The Kier molecular flexibility index (Phi) is 7.04. The zero-order valence-corrected chi connectivity index (χ0v) is 20.4. The first-order valence-corrected chi connectivity index (χ1v) is 12.0. The van der Waals surface area contributed by atoms with Crippen molar-refractivity contribution in [3.05, 3.63) is 154 Å². The number of aliphatic hydroxyl groups is 1. The standard InChI is InChI=1S/C31H27F2NO3/c1-22-6-2-7-23(16-22)19-34(20-28-12-5-15-36-28)21-29-13-14-30(37-29)31(35,24-8-3-10-26(32)17-24)25-9-4-11-27(33)18-25/h2-18,35H,19-21H2,1H3. The van der Waals surface area contributed by atoms with Gasteiger partial charge < -0.3 is 13.9 Å². The highest BCUT2D eigenvalue weighted by Crippen LogP contribution is 2.38. The van der Waals surface area contributed by atoms with E-state index in [9.17, 15) is 13.9 Å². The summed E-state index contributed by atoms with van der Waals surface area (Å²) in [6, 6.07) is 26.7. The van der Waals surface area contributed by atoms with Gasteiger partial charge in [-0.25, -0.2) is 8.78 Å². The fourth-order valence-corrected chi connectivity index (χ4v) is 4.62. The van der Waals surface area contributed by atoms with Crippen LogP contribution in [-0.2, 0) is 25.2 Å². The van der Waals surface area contributed by atoms with Gasteiger partial charge in [0.2, 0.25) is 0 Å². The fraction of sp³-hybridized carbons (Fsp3) is 0.161. The molecule has 0 fully saturated rings. The van der Waals surface area contributed by atoms with Crippen LogP contribution in [-0.4, -0.2) is 10.0 Å². The molecule has 0 unspecified atom stereocenters. The van der Waals surface area contributed by atoms with Crippen LogP contribution in [0.2, 0.25) is 0 Å². The van der Waals surface area contributed by atoms with E-state index in [1.807, 2.05) is 18.2 Å². The van der Waals surface area contributed by atoms with Crippen molar-refractivity contribution in [2.75, 3.05) is 0 Å². The molecule has 4 nitrogen and oxygen atoms in total. The Bertz CT molecular complexity index is 1430. The van der Waals surface area contributed by atoms with E-state index in [4.69, 9.17) is 8.83 Å². The maximum Gasteiger partial charge on any atom is 0.173 e. The lowest BCUT2D eigenvalue weighted by atomic mass is 9.84. The molecule has 5 aromatic rings. The van der Waals surface area contributed by atoms with Gasteiger partial charge in [0, 0.05) is 6.54 Å². The highest BCUT2D eigenvalue weighted by Gasteiger charge is 2.38. The summed E-state index contributed by atoms with van der Waals surface area (Å²) in [6.07, 6.45) is 1.64. The van der Waals surface area contributed by atoms with E-state index in [-0.39, 0.29) is 16.9 Å². The Balaban J connectivity index is 1.49. The van der Waals surface area contributed by atoms with E-state index in [0.717, 1.165) is 11.3 Å². The van der Waals surface area contributed by atoms with Crippen molar-refractivity contribution in [1.29, 1.82) is 0 Å². The maximum absolute atomic E-state index is 14.2. The van der Waals surface area contributed by atoms with Crippen LogP contribution in [0.4, 0.5) is 8.78 Å². The zero-order valence-electron chi connectivity index (χ0n) is 20.4. The minimum absolute atomic E-state index is 0.173. The first kappa shape index (κ1) is 24.7. The maximum atomic E-state index is 14.2. The van der Waals surface area contributed by atoms with E-state index in [2.05, 4.69) is 30.0 Å². The summed E-state index contributed by atoms with van der Waals surface area (Å²) in [4.78, 5) is 2.17. The molecule has 6 heteroatoms. The van der Waals surface area contributed by atoms with Gasteiger partial charge in [-0.3, -0.25) is 4.90 Å². The van der Waals surface area contributed by atoms with E-state index < -0.39 is 17.2 Å². The third-order valence-corrected chi connectivity index (χ3v) is 6.33. The summed E-state index contributed by atoms with van der Waals surface area (Å²) in [6.45, 7) is 3.68. The van der Waals surface area contributed by atoms with Crippen LogP contribution in [0.15, 0.2) is 112 Å². The second-order valence-corrected chi connectivity index (χ2v) is 9.21. The third-order valence-electron chi connectivity index (χ3n) is 6.33. The van der Waals surface area contributed by atoms with Crippen molar-refractivity contribution in [3.63, 3.8) is 0 Å². The van der Waals surface area contributed by atoms with Crippen LogP contribution in [0.25, 0.3) is 0 Å². The molecule has 0 bridgehead atoms. The molecule has 37 heavy (non-hydrogen) atoms. The normalized spacial score (nSPS) is 11.8. The monoisotopic (exact) mass is 499 g/mol. The molecule has 0 aliphatic carbocycles. The molecule has 2 heterocycles. The largest absolute Gasteiger partial charge is 0.468 e. The Morgan fingerprint density at radius 1 is 0.730 bits per heavy atom. The predicted molar refractivity (Wildman–Crippen MR) is 136 cm³/mol. The van der Waals surface area contributed by atoms with Crippen LogP contribution in [0.3, 0.4) is 0 Å². The van der Waals surface area contributed by atoms with Gasteiger partial charge in [0.1, 0.15) is 28.9 Å². The quantitative estimate of drug-likeness (QED) is 0.239. The van der Waals surface area contributed by atoms with Gasteiger partial charge in [-0.05, 0) is 72.1 Å². The smallest absolute Gasteiger partial charge is 0.173 e. The molecular formula is C31H27F2NO3. The lowest BCUT2D eigenvalue weighted by Gasteiger charge is -2.27. The molecule has 3 aromatic carbocycles. The highest BCUT2D eigenvalue weighted by atomic mass is 19.1. The summed E-state index contributed by atoms with van der Waals surface area (Å²) < 4.78 is 40.1. The molecule has 5 rings (SSSR count). The summed E-state index contributed by atoms with van der Waals surface area (Å²) >= 11 is 0. The Labute approximate surface area is 214 Å². The van der Waals surface area contributed by atoms with E-state index in [1.165, 1.54) is 42.0 Å². The van der Waals surface area contributed by atoms with Crippen molar-refractivity contribution in [2.45, 2.75) is 32.2 Å². The van der Waals surface area contributed by atoms with Gasteiger partial charge in [-0.2, -0.15) is 0 Å². The van der Waals surface area contributed by atoms with Crippen LogP contribution in [0, 0.1) is 18.6 Å². The van der Waals surface area contributed by atoms with Gasteiger partial charge in [-0.15, -0.1) is 0 Å².